The number of ether oxygens (including phenoxy) is 1. The Morgan fingerprint density at radius 2 is 1.92 bits per heavy atom. The number of hydroxylamine groups is 1. The second kappa shape index (κ2) is 10.4. The van der Waals surface area contributed by atoms with Crippen LogP contribution in [0.1, 0.15) is 78.4 Å². The van der Waals surface area contributed by atoms with Crippen LogP contribution in [0, 0.1) is 20.8 Å². The van der Waals surface area contributed by atoms with Crippen LogP contribution in [0.2, 0.25) is 0 Å². The van der Waals surface area contributed by atoms with E-state index in [4.69, 9.17) is 14.9 Å². The number of hydrogen-bond acceptors (Lipinski definition) is 8. The molecular weight excluding hydrogens is 474 g/mol. The fraction of sp³-hybridized carbons (Fsp3) is 0.407. The minimum absolute atomic E-state index is 0.0786. The zero-order chi connectivity index (χ0) is 26.0. The van der Waals surface area contributed by atoms with E-state index in [1.54, 1.807) is 11.3 Å². The van der Waals surface area contributed by atoms with Crippen molar-refractivity contribution in [1.29, 1.82) is 0 Å². The number of aromatic nitrogens is 3. The van der Waals surface area contributed by atoms with Gasteiger partial charge in [0, 0.05) is 22.2 Å². The van der Waals surface area contributed by atoms with E-state index >= 15 is 0 Å². The highest BCUT2D eigenvalue weighted by molar-refractivity contribution is 7.15. The molecule has 1 aliphatic rings. The number of allylic oxidation sites excluding steroid dienone is 1. The molecule has 0 radical (unpaired) electrons. The highest BCUT2D eigenvalue weighted by Crippen LogP contribution is 2.39. The van der Waals surface area contributed by atoms with Gasteiger partial charge in [-0.25, -0.2) is 0 Å². The summed E-state index contributed by atoms with van der Waals surface area (Å²) in [5.41, 5.74) is 6.69. The first-order valence-electron chi connectivity index (χ1n) is 12.0. The van der Waals surface area contributed by atoms with Crippen LogP contribution in [0.3, 0.4) is 0 Å². The number of esters is 1. The van der Waals surface area contributed by atoms with Gasteiger partial charge < -0.3 is 4.74 Å². The molecule has 2 aromatic heterocycles. The predicted octanol–water partition coefficient (Wildman–Crippen LogP) is 5.30. The lowest BCUT2D eigenvalue weighted by atomic mass is 9.98. The Hall–Kier alpha value is -3.30. The molecule has 1 aromatic carbocycles. The van der Waals surface area contributed by atoms with E-state index in [-0.39, 0.29) is 12.4 Å². The molecule has 0 fully saturated rings. The van der Waals surface area contributed by atoms with E-state index in [1.807, 2.05) is 43.8 Å². The van der Waals surface area contributed by atoms with Gasteiger partial charge in [-0.1, -0.05) is 30.3 Å². The van der Waals surface area contributed by atoms with Crippen LogP contribution in [0.4, 0.5) is 0 Å². The average molecular weight is 508 g/mol. The van der Waals surface area contributed by atoms with Crippen molar-refractivity contribution in [2.75, 3.05) is 0 Å². The van der Waals surface area contributed by atoms with E-state index in [0.29, 0.717) is 5.82 Å². The molecular formula is C27H33N5O3S. The summed E-state index contributed by atoms with van der Waals surface area (Å²) in [5, 5.41) is 18.5. The minimum atomic E-state index is -0.581. The molecule has 3 heterocycles. The minimum Gasteiger partial charge on any atom is -0.460 e. The van der Waals surface area contributed by atoms with Crippen LogP contribution in [0.5, 0.6) is 0 Å². The van der Waals surface area contributed by atoms with Crippen molar-refractivity contribution in [1.82, 2.24) is 20.2 Å². The summed E-state index contributed by atoms with van der Waals surface area (Å²) in [6.07, 6.45) is 5.14. The number of rotatable bonds is 7. The maximum Gasteiger partial charge on any atom is 0.308 e. The van der Waals surface area contributed by atoms with Crippen molar-refractivity contribution in [3.05, 3.63) is 75.3 Å². The summed E-state index contributed by atoms with van der Waals surface area (Å²) in [6, 6.07) is 7.85. The van der Waals surface area contributed by atoms with Crippen molar-refractivity contribution < 1.29 is 14.7 Å². The van der Waals surface area contributed by atoms with Gasteiger partial charge in [-0.2, -0.15) is 0 Å². The first-order valence-corrected chi connectivity index (χ1v) is 12.9. The van der Waals surface area contributed by atoms with Crippen molar-refractivity contribution in [3.8, 4) is 5.00 Å². The maximum atomic E-state index is 12.9. The topological polar surface area (TPSA) is 102 Å². The third kappa shape index (κ3) is 5.42. The molecule has 0 spiro atoms. The smallest absolute Gasteiger partial charge is 0.308 e. The number of carbonyl (C=O) groups is 1. The van der Waals surface area contributed by atoms with Gasteiger partial charge in [-0.15, -0.1) is 21.5 Å². The van der Waals surface area contributed by atoms with Crippen molar-refractivity contribution in [3.63, 3.8) is 0 Å². The Balaban J connectivity index is 1.78. The van der Waals surface area contributed by atoms with Gasteiger partial charge in [0.1, 0.15) is 22.5 Å². The summed E-state index contributed by atoms with van der Waals surface area (Å²) < 4.78 is 7.67. The second-order valence-electron chi connectivity index (χ2n) is 9.96. The molecule has 0 saturated heterocycles. The SMILES string of the molecule is Cc1sc2c(c1C)C(c1ccc(CC/C=C\NO)cc1)=N[C@H](CC(=O)OC(C)(C)C)c1nnc(C)n1-2. The Kier molecular flexibility index (Phi) is 7.42. The van der Waals surface area contributed by atoms with E-state index in [2.05, 4.69) is 48.3 Å². The maximum absolute atomic E-state index is 12.9. The highest BCUT2D eigenvalue weighted by Gasteiger charge is 2.33. The molecule has 36 heavy (non-hydrogen) atoms. The number of aryl methyl sites for hydroxylation is 3. The van der Waals surface area contributed by atoms with Gasteiger partial charge in [0.15, 0.2) is 5.82 Å². The molecule has 1 aliphatic heterocycles. The van der Waals surface area contributed by atoms with Crippen LogP contribution >= 0.6 is 11.3 Å². The van der Waals surface area contributed by atoms with Crippen molar-refractivity contribution in [2.45, 2.75) is 72.4 Å². The molecule has 0 saturated carbocycles. The molecule has 3 aromatic rings. The molecule has 0 aliphatic carbocycles. The Morgan fingerprint density at radius 1 is 1.19 bits per heavy atom. The predicted molar refractivity (Wildman–Crippen MR) is 141 cm³/mol. The fourth-order valence-electron chi connectivity index (χ4n) is 4.28. The molecule has 2 N–H and O–H groups in total. The van der Waals surface area contributed by atoms with Crippen LogP contribution in [-0.4, -0.2) is 37.3 Å². The number of benzene rings is 1. The second-order valence-corrected chi connectivity index (χ2v) is 11.2. The number of fused-ring (bicyclic) bond motifs is 3. The van der Waals surface area contributed by atoms with Gasteiger partial charge in [0.05, 0.1) is 12.1 Å². The Morgan fingerprint density at radius 3 is 2.58 bits per heavy atom. The summed E-state index contributed by atoms with van der Waals surface area (Å²) in [6.45, 7) is 11.7. The Labute approximate surface area is 215 Å². The van der Waals surface area contributed by atoms with Gasteiger partial charge in [0.2, 0.25) is 0 Å². The molecule has 9 heteroatoms. The molecule has 190 valence electrons. The van der Waals surface area contributed by atoms with E-state index in [0.717, 1.165) is 46.1 Å². The summed E-state index contributed by atoms with van der Waals surface area (Å²) in [7, 11) is 0. The molecule has 8 nitrogen and oxygen atoms in total. The lowest BCUT2D eigenvalue weighted by Gasteiger charge is -2.21. The normalized spacial score (nSPS) is 15.3. The highest BCUT2D eigenvalue weighted by atomic mass is 32.1. The number of nitrogens with zero attached hydrogens (tertiary/aromatic N) is 4. The summed E-state index contributed by atoms with van der Waals surface area (Å²) in [4.78, 5) is 19.2. The van der Waals surface area contributed by atoms with Crippen LogP contribution in [0.15, 0.2) is 41.5 Å². The zero-order valence-electron chi connectivity index (χ0n) is 21.6. The molecule has 0 amide bonds. The largest absolute Gasteiger partial charge is 0.460 e. The third-order valence-corrected chi connectivity index (χ3v) is 7.23. The van der Waals surface area contributed by atoms with Crippen LogP contribution in [-0.2, 0) is 16.0 Å². The van der Waals surface area contributed by atoms with E-state index < -0.39 is 11.6 Å². The van der Waals surface area contributed by atoms with E-state index in [9.17, 15) is 4.79 Å². The molecule has 1 atom stereocenters. The summed E-state index contributed by atoms with van der Waals surface area (Å²) >= 11 is 1.69. The molecule has 0 bridgehead atoms. The molecule has 4 rings (SSSR count). The first-order chi connectivity index (χ1) is 17.1. The van der Waals surface area contributed by atoms with Gasteiger partial charge in [-0.05, 0) is 65.5 Å². The van der Waals surface area contributed by atoms with E-state index in [1.165, 1.54) is 16.6 Å². The van der Waals surface area contributed by atoms with Crippen molar-refractivity contribution >= 4 is 23.0 Å². The monoisotopic (exact) mass is 507 g/mol. The quantitative estimate of drug-likeness (QED) is 0.332. The number of nitrogens with one attached hydrogen (secondary N) is 1. The van der Waals surface area contributed by atoms with Crippen LogP contribution in [0.25, 0.3) is 5.00 Å². The Bertz CT molecular complexity index is 1310. The fourth-order valence-corrected chi connectivity index (χ4v) is 5.50. The summed E-state index contributed by atoms with van der Waals surface area (Å²) in [5.74, 6) is 1.09. The average Bonchev–Trinajstić information content (AvgIpc) is 3.28. The standard InChI is InChI=1S/C27H33N5O3S/c1-16-17(2)36-26-23(16)24(20-12-10-19(11-13-20)9-7-8-14-28-34)29-21(15-22(33)35-27(4,5)6)25-31-30-18(3)32(25)26/h8,10-14,21,28,34H,7,9,15H2,1-6H3/b14-8-/t21-/m1/s1. The first kappa shape index (κ1) is 25.8. The number of hydrogen-bond donors (Lipinski definition) is 2. The number of thiophene rings is 1. The van der Waals surface area contributed by atoms with Gasteiger partial charge >= 0.3 is 5.97 Å². The lowest BCUT2D eigenvalue weighted by Crippen LogP contribution is -2.25. The van der Waals surface area contributed by atoms with Crippen LogP contribution < -0.4 is 5.48 Å². The zero-order valence-corrected chi connectivity index (χ0v) is 22.4. The van der Waals surface area contributed by atoms with Gasteiger partial charge in [-0.3, -0.25) is 25.0 Å². The van der Waals surface area contributed by atoms with Gasteiger partial charge in [0.25, 0.3) is 0 Å². The third-order valence-electron chi connectivity index (χ3n) is 6.04. The van der Waals surface area contributed by atoms with Crippen molar-refractivity contribution in [2.24, 2.45) is 4.99 Å². The number of carbonyl (C=O) groups excluding carboxylic acids is 1. The molecule has 0 unspecified atom stereocenters. The lowest BCUT2D eigenvalue weighted by molar-refractivity contribution is -0.155. The number of aliphatic imine (C=N–C) groups is 1.